The highest BCUT2D eigenvalue weighted by molar-refractivity contribution is 7.27. The Morgan fingerprint density at radius 2 is 0.933 bits per heavy atom. The fourth-order valence-corrected chi connectivity index (χ4v) is 14.8. The van der Waals surface area contributed by atoms with Gasteiger partial charge in [0.15, 0.2) is 5.58 Å². The quantitative estimate of drug-likeness (QED) is 0.161. The highest BCUT2D eigenvalue weighted by atomic mass is 32.1. The Bertz CT molecular complexity index is 4990. The summed E-state index contributed by atoms with van der Waals surface area (Å²) >= 11 is 3.60. The van der Waals surface area contributed by atoms with Crippen LogP contribution in [0.25, 0.3) is 155 Å². The molecule has 0 saturated heterocycles. The lowest BCUT2D eigenvalue weighted by atomic mass is 9.88. The summed E-state index contributed by atoms with van der Waals surface area (Å²) in [6.07, 6.45) is 0. The van der Waals surface area contributed by atoms with Crippen LogP contribution >= 0.6 is 22.7 Å². The Morgan fingerprint density at radius 1 is 0.427 bits per heavy atom. The fraction of sp³-hybridized carbons (Fsp3) is 0. The van der Waals surface area contributed by atoms with E-state index < -0.39 is 0 Å². The molecular weight excluding hydrogens is 953 g/mol. The van der Waals surface area contributed by atoms with Crippen molar-refractivity contribution in [3.8, 4) is 50.8 Å². The molecule has 7 heteroatoms. The Morgan fingerprint density at radius 3 is 1.53 bits per heavy atom. The van der Waals surface area contributed by atoms with E-state index in [4.69, 9.17) is 9.26 Å². The van der Waals surface area contributed by atoms with Gasteiger partial charge in [0.1, 0.15) is 11.7 Å². The van der Waals surface area contributed by atoms with E-state index in [-0.39, 0.29) is 0 Å². The summed E-state index contributed by atoms with van der Waals surface area (Å²) in [5.41, 5.74) is 12.6. The number of fused-ring (bicyclic) bond motifs is 18. The summed E-state index contributed by atoms with van der Waals surface area (Å²) in [4.78, 5) is 4.70. The number of hydrogen-bond acceptors (Lipinski definition) is 4. The topological polar surface area (TPSA) is 51.1 Å². The van der Waals surface area contributed by atoms with Gasteiger partial charge in [0.25, 0.3) is 0 Å². The van der Waals surface area contributed by atoms with Crippen LogP contribution in [0.2, 0.25) is 0 Å². The summed E-state index contributed by atoms with van der Waals surface area (Å²) in [6, 6.07) is 79.4. The normalized spacial score (nSPS) is 12.0. The Labute approximate surface area is 436 Å². The molecule has 0 amide bonds. The number of aromatic nitrogens is 2. The van der Waals surface area contributed by atoms with Crippen molar-refractivity contribution >= 4 is 134 Å². The molecule has 0 unspecified atom stereocenters. The van der Waals surface area contributed by atoms with Crippen molar-refractivity contribution in [3.05, 3.63) is 235 Å². The van der Waals surface area contributed by atoms with Crippen molar-refractivity contribution < 1.29 is 4.42 Å². The third kappa shape index (κ3) is 5.74. The molecule has 346 valence electrons. The minimum atomic E-state index is 0.371. The zero-order valence-corrected chi connectivity index (χ0v) is 41.4. The molecule has 0 aliphatic carbocycles. The number of rotatable bonds is 5. The number of benzene rings is 11. The minimum Gasteiger partial charge on any atom is -0.454 e. The first kappa shape index (κ1) is 41.8. The molecule has 5 aromatic heterocycles. The molecule has 0 radical (unpaired) electrons. The third-order valence-corrected chi connectivity index (χ3v) is 17.8. The summed E-state index contributed by atoms with van der Waals surface area (Å²) < 4.78 is 16.4. The second kappa shape index (κ2) is 15.9. The molecule has 11 aromatic carbocycles. The number of nitriles is 1. The third-order valence-electron chi connectivity index (χ3n) is 15.4. The molecule has 0 saturated carbocycles. The molecular formula is C68H36N4OS2. The molecule has 0 N–H and O–H groups in total. The molecule has 16 rings (SSSR count). The van der Waals surface area contributed by atoms with Gasteiger partial charge in [-0.15, -0.1) is 22.7 Å². The van der Waals surface area contributed by atoms with Gasteiger partial charge in [-0.1, -0.05) is 188 Å². The summed E-state index contributed by atoms with van der Waals surface area (Å²) in [5, 5.41) is 23.2. The van der Waals surface area contributed by atoms with Gasteiger partial charge in [0.2, 0.25) is 5.69 Å². The monoisotopic (exact) mass is 988 g/mol. The maximum atomic E-state index is 12.4. The van der Waals surface area contributed by atoms with E-state index in [1.807, 2.05) is 42.5 Å². The Balaban J connectivity index is 1.16. The summed E-state index contributed by atoms with van der Waals surface area (Å²) in [6.45, 7) is 9.64. The van der Waals surface area contributed by atoms with E-state index in [2.05, 4.69) is 191 Å². The van der Waals surface area contributed by atoms with Crippen LogP contribution in [-0.2, 0) is 0 Å². The molecule has 0 fully saturated rings. The van der Waals surface area contributed by atoms with Crippen LogP contribution < -0.4 is 0 Å². The lowest BCUT2D eigenvalue weighted by molar-refractivity contribution is 0.671. The zero-order chi connectivity index (χ0) is 49.5. The summed E-state index contributed by atoms with van der Waals surface area (Å²) in [7, 11) is 0. The molecule has 5 heterocycles. The van der Waals surface area contributed by atoms with Crippen molar-refractivity contribution in [1.82, 2.24) is 9.13 Å². The predicted molar refractivity (Wildman–Crippen MR) is 315 cm³/mol. The van der Waals surface area contributed by atoms with Crippen molar-refractivity contribution in [2.45, 2.75) is 0 Å². The van der Waals surface area contributed by atoms with Gasteiger partial charge in [-0.05, 0) is 52.6 Å². The second-order valence-electron chi connectivity index (χ2n) is 19.2. The van der Waals surface area contributed by atoms with E-state index in [1.165, 1.54) is 30.9 Å². The number of nitrogens with zero attached hydrogens (tertiary/aromatic N) is 4. The van der Waals surface area contributed by atoms with Crippen LogP contribution in [0, 0.1) is 17.9 Å². The van der Waals surface area contributed by atoms with E-state index in [0.717, 1.165) is 108 Å². The highest BCUT2D eigenvalue weighted by Gasteiger charge is 2.34. The lowest BCUT2D eigenvalue weighted by Gasteiger charge is -2.25. The fourth-order valence-electron chi connectivity index (χ4n) is 12.3. The van der Waals surface area contributed by atoms with Crippen LogP contribution in [0.3, 0.4) is 0 Å². The average molecular weight is 989 g/mol. The van der Waals surface area contributed by atoms with Gasteiger partial charge in [-0.3, -0.25) is 0 Å². The average Bonchev–Trinajstić information content (AvgIpc) is 4.44. The molecule has 0 bridgehead atoms. The first-order valence-electron chi connectivity index (χ1n) is 24.9. The predicted octanol–water partition coefficient (Wildman–Crippen LogP) is 19.9. The maximum Gasteiger partial charge on any atom is 0.221 e. The van der Waals surface area contributed by atoms with Gasteiger partial charge in [0.05, 0.1) is 55.0 Å². The van der Waals surface area contributed by atoms with Gasteiger partial charge in [-0.2, -0.15) is 5.26 Å². The Hall–Kier alpha value is -9.76. The first-order chi connectivity index (χ1) is 37.2. The van der Waals surface area contributed by atoms with Gasteiger partial charge in [-0.25, -0.2) is 4.85 Å². The van der Waals surface area contributed by atoms with Crippen LogP contribution in [0.15, 0.2) is 223 Å². The van der Waals surface area contributed by atoms with Crippen molar-refractivity contribution in [2.24, 2.45) is 0 Å². The molecule has 0 aliphatic rings. The van der Waals surface area contributed by atoms with Crippen molar-refractivity contribution in [2.75, 3.05) is 0 Å². The van der Waals surface area contributed by atoms with Gasteiger partial charge >= 0.3 is 0 Å². The van der Waals surface area contributed by atoms with Crippen LogP contribution in [-0.4, -0.2) is 9.13 Å². The number of para-hydroxylation sites is 1. The van der Waals surface area contributed by atoms with E-state index in [1.54, 1.807) is 22.7 Å². The van der Waals surface area contributed by atoms with Crippen LogP contribution in [0.1, 0.15) is 5.56 Å². The van der Waals surface area contributed by atoms with Gasteiger partial charge < -0.3 is 13.6 Å². The molecule has 0 atom stereocenters. The van der Waals surface area contributed by atoms with E-state index in [9.17, 15) is 11.8 Å². The maximum absolute atomic E-state index is 12.4. The van der Waals surface area contributed by atoms with E-state index in [0.29, 0.717) is 22.5 Å². The molecule has 16 aromatic rings. The molecule has 75 heavy (non-hydrogen) atoms. The first-order valence-corrected chi connectivity index (χ1v) is 26.6. The molecule has 0 aliphatic heterocycles. The van der Waals surface area contributed by atoms with Crippen LogP contribution in [0.5, 0.6) is 0 Å². The van der Waals surface area contributed by atoms with E-state index >= 15 is 0 Å². The van der Waals surface area contributed by atoms with Gasteiger partial charge in [0, 0.05) is 74.4 Å². The smallest absolute Gasteiger partial charge is 0.221 e. The largest absolute Gasteiger partial charge is 0.454 e. The number of hydrogen-bond donors (Lipinski definition) is 0. The van der Waals surface area contributed by atoms with Crippen molar-refractivity contribution in [3.63, 3.8) is 0 Å². The SMILES string of the molecule is [C-]#[N+]c1c(-c2ccccc2)c(-n2c3c(ccc4c5ccccc5sc43)c3ccc4c5ccccc5sc4c32)c(-c2ccccc2)c(C#N)c1-n1c2ccccc2c2ccc3c(oc4cccc(-c5ccccc5)c43)c21. The van der Waals surface area contributed by atoms with Crippen molar-refractivity contribution in [1.29, 1.82) is 5.26 Å². The zero-order valence-electron chi connectivity index (χ0n) is 39.8. The summed E-state index contributed by atoms with van der Waals surface area (Å²) in [5.74, 6) is 0. The highest BCUT2D eigenvalue weighted by Crippen LogP contribution is 2.55. The minimum absolute atomic E-state index is 0.371. The Kier molecular flexibility index (Phi) is 8.85. The lowest BCUT2D eigenvalue weighted by Crippen LogP contribution is -2.08. The second-order valence-corrected chi connectivity index (χ2v) is 21.3. The number of thiophene rings is 2. The van der Waals surface area contributed by atoms with Crippen LogP contribution in [0.4, 0.5) is 5.69 Å². The molecule has 0 spiro atoms. The number of furan rings is 1. The molecule has 5 nitrogen and oxygen atoms in total. The standard InChI is InChI=1S/C68H36N4OS2/c1-70-60-58(41-22-9-4-10-23-41)65(72-63-47(32-35-49-44-25-12-15-30-55(44)74-67(49)63)48-33-36-50-45-26-13-16-31-56(45)75-68(50)64(48)72)57(40-20-7-3-8-21-40)52(38-69)61(60)71-53-28-14-11-24-43(53)46-34-37-51-59-42(39-18-5-2-6-19-39)27-17-29-54(59)73-66(51)62(46)71/h2-37H.